The van der Waals surface area contributed by atoms with Crippen molar-refractivity contribution in [2.75, 3.05) is 17.2 Å². The number of carbonyl (C=O) groups excluding carboxylic acids is 1. The Morgan fingerprint density at radius 3 is 2.58 bits per heavy atom. The maximum atomic E-state index is 12.8. The fraction of sp³-hybridized carbons (Fsp3) is 0.273. The van der Waals surface area contributed by atoms with Gasteiger partial charge in [-0.1, -0.05) is 0 Å². The van der Waals surface area contributed by atoms with Crippen LogP contribution in [0.5, 0.6) is 0 Å². The molecule has 0 aliphatic carbocycles. The van der Waals surface area contributed by atoms with Gasteiger partial charge in [-0.25, -0.2) is 0 Å². The number of fused-ring (bicyclic) bond motifs is 1. The Morgan fingerprint density at radius 1 is 1.32 bits per heavy atom. The summed E-state index contributed by atoms with van der Waals surface area (Å²) in [5.74, 6) is -1.81. The molecule has 5 nitrogen and oxygen atoms in total. The lowest BCUT2D eigenvalue weighted by Gasteiger charge is -2.22. The topological polar surface area (TPSA) is 78.4 Å². The molecule has 0 unspecified atom stereocenters. The first-order valence-electron chi connectivity index (χ1n) is 5.27. The standard InChI is InChI=1S/C11H9F3N2O3/c12-11(13,14)6-3-8-7(15-4-9(17)16-8)1-5(6)2-10(18)19/h1,3,15H,2,4H2,(H,16,17)(H,18,19). The predicted octanol–water partition coefficient (Wildman–Crippen LogP) is 1.70. The van der Waals surface area contributed by atoms with Gasteiger partial charge in [-0.2, -0.15) is 13.2 Å². The molecular formula is C11H9F3N2O3. The van der Waals surface area contributed by atoms with Crippen LogP contribution in [0.1, 0.15) is 11.1 Å². The van der Waals surface area contributed by atoms with E-state index < -0.39 is 30.0 Å². The molecule has 0 saturated carbocycles. The second-order valence-electron chi connectivity index (χ2n) is 4.02. The molecule has 102 valence electrons. The third-order valence-electron chi connectivity index (χ3n) is 2.60. The van der Waals surface area contributed by atoms with E-state index in [1.165, 1.54) is 0 Å². The first-order chi connectivity index (χ1) is 8.77. The smallest absolute Gasteiger partial charge is 0.416 e. The highest BCUT2D eigenvalue weighted by Gasteiger charge is 2.35. The fourth-order valence-electron chi connectivity index (χ4n) is 1.84. The van der Waals surface area contributed by atoms with E-state index in [0.29, 0.717) is 0 Å². The van der Waals surface area contributed by atoms with Crippen molar-refractivity contribution in [1.82, 2.24) is 0 Å². The SMILES string of the molecule is O=C(O)Cc1cc2c(cc1C(F)(F)F)NC(=O)CN2. The minimum Gasteiger partial charge on any atom is -0.481 e. The first kappa shape index (κ1) is 13.2. The molecule has 1 aliphatic heterocycles. The summed E-state index contributed by atoms with van der Waals surface area (Å²) in [6.45, 7) is -0.0646. The second-order valence-corrected chi connectivity index (χ2v) is 4.02. The van der Waals surface area contributed by atoms with Gasteiger partial charge in [-0.15, -0.1) is 0 Å². The number of alkyl halides is 3. The summed E-state index contributed by atoms with van der Waals surface area (Å²) in [6, 6.07) is 1.85. The van der Waals surface area contributed by atoms with E-state index in [1.54, 1.807) is 0 Å². The molecule has 8 heteroatoms. The minimum absolute atomic E-state index is 0.00212. The Kier molecular flexibility index (Phi) is 3.09. The van der Waals surface area contributed by atoms with Crippen LogP contribution in [-0.2, 0) is 22.2 Å². The highest BCUT2D eigenvalue weighted by atomic mass is 19.4. The third kappa shape index (κ3) is 2.78. The molecule has 0 bridgehead atoms. The molecule has 3 N–H and O–H groups in total. The van der Waals surface area contributed by atoms with Gasteiger partial charge in [-0.05, 0) is 17.7 Å². The van der Waals surface area contributed by atoms with Crippen LogP contribution in [0.3, 0.4) is 0 Å². The van der Waals surface area contributed by atoms with Gasteiger partial charge in [0.15, 0.2) is 0 Å². The fourth-order valence-corrected chi connectivity index (χ4v) is 1.84. The molecule has 1 aromatic carbocycles. The van der Waals surface area contributed by atoms with Crippen LogP contribution in [0.4, 0.5) is 24.5 Å². The van der Waals surface area contributed by atoms with Crippen molar-refractivity contribution in [3.05, 3.63) is 23.3 Å². The lowest BCUT2D eigenvalue weighted by atomic mass is 10.0. The van der Waals surface area contributed by atoms with E-state index in [1.807, 2.05) is 0 Å². The lowest BCUT2D eigenvalue weighted by molar-refractivity contribution is -0.139. The summed E-state index contributed by atoms with van der Waals surface area (Å²) < 4.78 is 38.5. The number of benzene rings is 1. The Bertz CT molecular complexity index is 555. The Morgan fingerprint density at radius 2 is 2.00 bits per heavy atom. The van der Waals surface area contributed by atoms with Crippen LogP contribution in [0.15, 0.2) is 12.1 Å². The first-order valence-corrected chi connectivity index (χ1v) is 5.27. The summed E-state index contributed by atoms with van der Waals surface area (Å²) >= 11 is 0. The maximum Gasteiger partial charge on any atom is 0.416 e. The Hall–Kier alpha value is -2.25. The number of anilines is 2. The molecule has 0 radical (unpaired) electrons. The second kappa shape index (κ2) is 4.45. The number of carboxylic acids is 1. The molecule has 19 heavy (non-hydrogen) atoms. The molecule has 0 aromatic heterocycles. The monoisotopic (exact) mass is 274 g/mol. The Labute approximate surface area is 105 Å². The van der Waals surface area contributed by atoms with Crippen molar-refractivity contribution < 1.29 is 27.9 Å². The number of halogens is 3. The van der Waals surface area contributed by atoms with Crippen molar-refractivity contribution in [1.29, 1.82) is 0 Å². The summed E-state index contributed by atoms with van der Waals surface area (Å²) in [4.78, 5) is 21.7. The van der Waals surface area contributed by atoms with Crippen molar-refractivity contribution in [2.24, 2.45) is 0 Å². The largest absolute Gasteiger partial charge is 0.481 e. The summed E-state index contributed by atoms with van der Waals surface area (Å²) in [5.41, 5.74) is -1.12. The van der Waals surface area contributed by atoms with Crippen LogP contribution >= 0.6 is 0 Å². The summed E-state index contributed by atoms with van der Waals surface area (Å²) in [6.07, 6.45) is -5.42. The van der Waals surface area contributed by atoms with Crippen LogP contribution in [-0.4, -0.2) is 23.5 Å². The van der Waals surface area contributed by atoms with E-state index in [4.69, 9.17) is 5.11 Å². The molecule has 1 aromatic rings. The van der Waals surface area contributed by atoms with E-state index in [0.717, 1.165) is 12.1 Å². The van der Waals surface area contributed by atoms with Gasteiger partial charge in [-0.3, -0.25) is 9.59 Å². The highest BCUT2D eigenvalue weighted by molar-refractivity contribution is 6.00. The van der Waals surface area contributed by atoms with Crippen LogP contribution in [0, 0.1) is 0 Å². The average Bonchev–Trinajstić information content (AvgIpc) is 2.26. The number of carbonyl (C=O) groups is 2. The molecule has 0 saturated heterocycles. The van der Waals surface area contributed by atoms with Gasteiger partial charge < -0.3 is 15.7 Å². The van der Waals surface area contributed by atoms with Crippen LogP contribution < -0.4 is 10.6 Å². The van der Waals surface area contributed by atoms with E-state index in [-0.39, 0.29) is 23.5 Å². The van der Waals surface area contributed by atoms with Crippen molar-refractivity contribution in [3.63, 3.8) is 0 Å². The van der Waals surface area contributed by atoms with Gasteiger partial charge >= 0.3 is 12.1 Å². The number of aliphatic carboxylic acids is 1. The van der Waals surface area contributed by atoms with Crippen molar-refractivity contribution >= 4 is 23.3 Å². The quantitative estimate of drug-likeness (QED) is 0.767. The predicted molar refractivity (Wildman–Crippen MR) is 59.9 cm³/mol. The zero-order chi connectivity index (χ0) is 14.2. The molecule has 0 atom stereocenters. The van der Waals surface area contributed by atoms with Crippen molar-refractivity contribution in [3.8, 4) is 0 Å². The zero-order valence-electron chi connectivity index (χ0n) is 9.47. The normalized spacial score (nSPS) is 14.4. The van der Waals surface area contributed by atoms with Gasteiger partial charge in [0.1, 0.15) is 0 Å². The molecule has 2 rings (SSSR count). The number of nitrogens with one attached hydrogen (secondary N) is 2. The molecule has 1 amide bonds. The third-order valence-corrected chi connectivity index (χ3v) is 2.60. The zero-order valence-corrected chi connectivity index (χ0v) is 9.47. The highest BCUT2D eigenvalue weighted by Crippen LogP contribution is 2.38. The van der Waals surface area contributed by atoms with Gasteiger partial charge in [0, 0.05) is 0 Å². The molecule has 1 aliphatic rings. The Balaban J connectivity index is 2.53. The molecular weight excluding hydrogens is 265 g/mol. The number of hydrogen-bond donors (Lipinski definition) is 3. The maximum absolute atomic E-state index is 12.8. The van der Waals surface area contributed by atoms with Gasteiger partial charge in [0.25, 0.3) is 0 Å². The van der Waals surface area contributed by atoms with Crippen LogP contribution in [0.25, 0.3) is 0 Å². The lowest BCUT2D eigenvalue weighted by Crippen LogP contribution is -2.28. The molecule has 0 spiro atoms. The number of carboxylic acid groups (broad SMARTS) is 1. The summed E-state index contributed by atoms with van der Waals surface area (Å²) in [5, 5.41) is 13.6. The average molecular weight is 274 g/mol. The number of amides is 1. The minimum atomic E-state index is -4.68. The summed E-state index contributed by atoms with van der Waals surface area (Å²) in [7, 11) is 0. The van der Waals surface area contributed by atoms with Gasteiger partial charge in [0.2, 0.25) is 5.91 Å². The van der Waals surface area contributed by atoms with Gasteiger partial charge in [0.05, 0.1) is 29.9 Å². The van der Waals surface area contributed by atoms with Crippen molar-refractivity contribution in [2.45, 2.75) is 12.6 Å². The van der Waals surface area contributed by atoms with E-state index in [2.05, 4.69) is 10.6 Å². The number of hydrogen-bond acceptors (Lipinski definition) is 3. The van der Waals surface area contributed by atoms with Crippen LogP contribution in [0.2, 0.25) is 0 Å². The van der Waals surface area contributed by atoms with E-state index >= 15 is 0 Å². The van der Waals surface area contributed by atoms with E-state index in [9.17, 15) is 22.8 Å². The number of rotatable bonds is 2. The molecule has 1 heterocycles. The molecule has 0 fully saturated rings.